The van der Waals surface area contributed by atoms with Crippen molar-refractivity contribution in [3.8, 4) is 5.75 Å². The van der Waals surface area contributed by atoms with E-state index in [0.29, 0.717) is 5.92 Å². The van der Waals surface area contributed by atoms with E-state index in [4.69, 9.17) is 4.74 Å². The van der Waals surface area contributed by atoms with Crippen molar-refractivity contribution in [3.05, 3.63) is 59.4 Å². The van der Waals surface area contributed by atoms with E-state index in [2.05, 4.69) is 29.6 Å². The molecule has 21 heavy (non-hydrogen) atoms. The largest absolute Gasteiger partial charge is 0.496 e. The van der Waals surface area contributed by atoms with E-state index in [1.165, 1.54) is 16.5 Å². The van der Waals surface area contributed by atoms with Gasteiger partial charge in [-0.25, -0.2) is 4.39 Å². The lowest BCUT2D eigenvalue weighted by Gasteiger charge is -2.25. The molecule has 3 rings (SSSR count). The second kappa shape index (κ2) is 6.08. The molecule has 0 bridgehead atoms. The van der Waals surface area contributed by atoms with Crippen molar-refractivity contribution >= 4 is 11.8 Å². The predicted molar refractivity (Wildman–Crippen MR) is 84.7 cm³/mol. The number of methoxy groups -OCH3 is 1. The fourth-order valence-corrected chi connectivity index (χ4v) is 4.28. The molecule has 1 aliphatic heterocycles. The molecule has 0 saturated carbocycles. The van der Waals surface area contributed by atoms with Crippen LogP contribution in [0, 0.1) is 5.82 Å². The summed E-state index contributed by atoms with van der Waals surface area (Å²) in [6.45, 7) is 0. The number of benzene rings is 2. The molecule has 0 aromatic heterocycles. The number of nitrogens with one attached hydrogen (secondary N) is 1. The van der Waals surface area contributed by atoms with Gasteiger partial charge in [-0.15, -0.1) is 11.8 Å². The molecule has 1 heterocycles. The molecule has 0 fully saturated rings. The highest BCUT2D eigenvalue weighted by molar-refractivity contribution is 7.99. The first-order chi connectivity index (χ1) is 10.2. The Kier molecular flexibility index (Phi) is 4.17. The number of halogens is 1. The second-order valence-corrected chi connectivity index (χ2v) is 6.17. The van der Waals surface area contributed by atoms with Crippen LogP contribution >= 0.6 is 11.8 Å². The summed E-state index contributed by atoms with van der Waals surface area (Å²) in [5, 5.41) is 3.34. The molecule has 0 radical (unpaired) electrons. The Labute approximate surface area is 128 Å². The Balaban J connectivity index is 2.02. The van der Waals surface area contributed by atoms with E-state index in [9.17, 15) is 4.39 Å². The van der Waals surface area contributed by atoms with Gasteiger partial charge in [-0.1, -0.05) is 18.2 Å². The molecule has 2 unspecified atom stereocenters. The molecule has 0 spiro atoms. The van der Waals surface area contributed by atoms with Gasteiger partial charge in [0, 0.05) is 28.2 Å². The van der Waals surface area contributed by atoms with Crippen LogP contribution in [-0.2, 0) is 0 Å². The van der Waals surface area contributed by atoms with Crippen LogP contribution in [0.3, 0.4) is 0 Å². The quantitative estimate of drug-likeness (QED) is 0.923. The van der Waals surface area contributed by atoms with Gasteiger partial charge >= 0.3 is 0 Å². The van der Waals surface area contributed by atoms with Crippen LogP contribution in [0.4, 0.5) is 4.39 Å². The average molecular weight is 303 g/mol. The molecular weight excluding hydrogens is 285 g/mol. The third kappa shape index (κ3) is 2.65. The average Bonchev–Trinajstić information content (AvgIpc) is 2.93. The zero-order chi connectivity index (χ0) is 14.8. The molecule has 1 N–H and O–H groups in total. The summed E-state index contributed by atoms with van der Waals surface area (Å²) in [7, 11) is 3.54. The number of hydrogen-bond donors (Lipinski definition) is 1. The maximum absolute atomic E-state index is 13.7. The molecule has 110 valence electrons. The molecule has 0 amide bonds. The Hall–Kier alpha value is -1.52. The highest BCUT2D eigenvalue weighted by Gasteiger charge is 2.32. The molecular formula is C17H18FNOS. The van der Waals surface area contributed by atoms with Crippen molar-refractivity contribution in [1.82, 2.24) is 5.32 Å². The summed E-state index contributed by atoms with van der Waals surface area (Å²) in [6, 6.07) is 13.2. The van der Waals surface area contributed by atoms with Crippen LogP contribution in [0.1, 0.15) is 23.1 Å². The first-order valence-corrected chi connectivity index (χ1v) is 7.95. The standard InChI is InChI=1S/C17H18FNOS/c1-19-17(13-9-11(18)7-8-15(13)20-2)14-10-21-16-6-4-3-5-12(14)16/h3-9,14,17,19H,10H2,1-2H3. The Morgan fingerprint density at radius 2 is 2.10 bits per heavy atom. The Morgan fingerprint density at radius 1 is 1.29 bits per heavy atom. The zero-order valence-corrected chi connectivity index (χ0v) is 12.9. The van der Waals surface area contributed by atoms with Crippen LogP contribution in [0.15, 0.2) is 47.4 Å². The maximum atomic E-state index is 13.7. The molecule has 0 aliphatic carbocycles. The first kappa shape index (κ1) is 14.4. The van der Waals surface area contributed by atoms with Crippen molar-refractivity contribution in [1.29, 1.82) is 0 Å². The van der Waals surface area contributed by atoms with Gasteiger partial charge in [-0.3, -0.25) is 0 Å². The maximum Gasteiger partial charge on any atom is 0.123 e. The van der Waals surface area contributed by atoms with E-state index < -0.39 is 0 Å². The number of fused-ring (bicyclic) bond motifs is 1. The monoisotopic (exact) mass is 303 g/mol. The summed E-state index contributed by atoms with van der Waals surface area (Å²) in [6.07, 6.45) is 0. The minimum absolute atomic E-state index is 0.0341. The van der Waals surface area contributed by atoms with Gasteiger partial charge in [0.1, 0.15) is 11.6 Å². The minimum atomic E-state index is -0.231. The topological polar surface area (TPSA) is 21.3 Å². The van der Waals surface area contributed by atoms with Crippen molar-refractivity contribution in [2.45, 2.75) is 16.9 Å². The lowest BCUT2D eigenvalue weighted by molar-refractivity contribution is 0.393. The Bertz CT molecular complexity index is 646. The predicted octanol–water partition coefficient (Wildman–Crippen LogP) is 3.98. The SMILES string of the molecule is CNC(c1cc(F)ccc1OC)C1CSc2ccccc21. The minimum Gasteiger partial charge on any atom is -0.496 e. The Morgan fingerprint density at radius 3 is 2.86 bits per heavy atom. The molecule has 2 aromatic rings. The molecule has 2 atom stereocenters. The van der Waals surface area contributed by atoms with Gasteiger partial charge in [0.05, 0.1) is 7.11 Å². The summed E-state index contributed by atoms with van der Waals surface area (Å²) in [5.41, 5.74) is 2.20. The van der Waals surface area contributed by atoms with Crippen LogP contribution < -0.4 is 10.1 Å². The normalized spacial score (nSPS) is 18.3. The van der Waals surface area contributed by atoms with E-state index in [1.807, 2.05) is 18.8 Å². The summed E-state index contributed by atoms with van der Waals surface area (Å²) < 4.78 is 19.1. The number of thioether (sulfide) groups is 1. The van der Waals surface area contributed by atoms with Crippen LogP contribution in [-0.4, -0.2) is 19.9 Å². The summed E-state index contributed by atoms with van der Waals surface area (Å²) in [5.74, 6) is 1.80. The van der Waals surface area contributed by atoms with Crippen LogP contribution in [0.5, 0.6) is 5.75 Å². The van der Waals surface area contributed by atoms with Gasteiger partial charge in [0.2, 0.25) is 0 Å². The van der Waals surface area contributed by atoms with E-state index in [0.717, 1.165) is 17.1 Å². The van der Waals surface area contributed by atoms with Crippen LogP contribution in [0.2, 0.25) is 0 Å². The fourth-order valence-electron chi connectivity index (χ4n) is 2.99. The summed E-state index contributed by atoms with van der Waals surface area (Å²) >= 11 is 1.86. The van der Waals surface area contributed by atoms with E-state index >= 15 is 0 Å². The summed E-state index contributed by atoms with van der Waals surface area (Å²) in [4.78, 5) is 1.32. The first-order valence-electron chi connectivity index (χ1n) is 6.97. The highest BCUT2D eigenvalue weighted by Crippen LogP contribution is 2.46. The van der Waals surface area contributed by atoms with Crippen molar-refractivity contribution < 1.29 is 9.13 Å². The molecule has 2 nitrogen and oxygen atoms in total. The van der Waals surface area contributed by atoms with E-state index in [1.54, 1.807) is 19.2 Å². The van der Waals surface area contributed by atoms with Crippen LogP contribution in [0.25, 0.3) is 0 Å². The van der Waals surface area contributed by atoms with Gasteiger partial charge in [0.25, 0.3) is 0 Å². The van der Waals surface area contributed by atoms with Gasteiger partial charge in [-0.05, 0) is 36.9 Å². The van der Waals surface area contributed by atoms with E-state index in [-0.39, 0.29) is 11.9 Å². The lowest BCUT2D eigenvalue weighted by atomic mass is 9.88. The lowest BCUT2D eigenvalue weighted by Crippen LogP contribution is -2.24. The molecule has 1 aliphatic rings. The number of hydrogen-bond acceptors (Lipinski definition) is 3. The number of rotatable bonds is 4. The zero-order valence-electron chi connectivity index (χ0n) is 12.1. The molecule has 4 heteroatoms. The third-order valence-corrected chi connectivity index (χ3v) is 5.19. The second-order valence-electron chi connectivity index (χ2n) is 5.11. The van der Waals surface area contributed by atoms with Gasteiger partial charge in [-0.2, -0.15) is 0 Å². The molecule has 2 aromatic carbocycles. The number of likely N-dealkylation sites (N-methyl/N-ethyl adjacent to an activating group) is 1. The smallest absolute Gasteiger partial charge is 0.123 e. The highest BCUT2D eigenvalue weighted by atomic mass is 32.2. The van der Waals surface area contributed by atoms with Crippen molar-refractivity contribution in [2.75, 3.05) is 19.9 Å². The molecule has 0 saturated heterocycles. The van der Waals surface area contributed by atoms with Crippen molar-refractivity contribution in [3.63, 3.8) is 0 Å². The number of ether oxygens (including phenoxy) is 1. The van der Waals surface area contributed by atoms with Gasteiger partial charge < -0.3 is 10.1 Å². The third-order valence-electron chi connectivity index (χ3n) is 3.98. The van der Waals surface area contributed by atoms with Gasteiger partial charge in [0.15, 0.2) is 0 Å². The van der Waals surface area contributed by atoms with Crippen molar-refractivity contribution in [2.24, 2.45) is 0 Å². The fraction of sp³-hybridized carbons (Fsp3) is 0.294.